The lowest BCUT2D eigenvalue weighted by Gasteiger charge is -2.37. The molecule has 0 radical (unpaired) electrons. The van der Waals surface area contributed by atoms with E-state index >= 15 is 0 Å². The van der Waals surface area contributed by atoms with Crippen LogP contribution in [0.25, 0.3) is 0 Å². The molecule has 1 aliphatic heterocycles. The predicted octanol–water partition coefficient (Wildman–Crippen LogP) is 2.88. The van der Waals surface area contributed by atoms with Gasteiger partial charge in [-0.15, -0.1) is 0 Å². The summed E-state index contributed by atoms with van der Waals surface area (Å²) >= 11 is 0. The minimum Gasteiger partial charge on any atom is -0.373 e. The van der Waals surface area contributed by atoms with Crippen molar-refractivity contribution in [3.63, 3.8) is 0 Å². The summed E-state index contributed by atoms with van der Waals surface area (Å²) in [6.07, 6.45) is 1.39. The van der Waals surface area contributed by atoms with Crippen molar-refractivity contribution in [2.45, 2.75) is 47.5 Å². The first kappa shape index (κ1) is 20.0. The average molecular weight is 410 g/mol. The summed E-state index contributed by atoms with van der Waals surface area (Å²) in [6, 6.07) is 11.4. The molecule has 1 aliphatic rings. The van der Waals surface area contributed by atoms with Crippen molar-refractivity contribution in [2.75, 3.05) is 12.9 Å². The zero-order chi connectivity index (χ0) is 19.9. The van der Waals surface area contributed by atoms with Crippen LogP contribution in [0.4, 0.5) is 0 Å². The summed E-state index contributed by atoms with van der Waals surface area (Å²) < 4.78 is 54.5. The van der Waals surface area contributed by atoms with Crippen LogP contribution in [0.2, 0.25) is 0 Å². The van der Waals surface area contributed by atoms with Crippen molar-refractivity contribution in [1.29, 1.82) is 0 Å². The smallest absolute Gasteiger partial charge is 0.201 e. The van der Waals surface area contributed by atoms with Gasteiger partial charge in [0.25, 0.3) is 0 Å². The summed E-state index contributed by atoms with van der Waals surface area (Å²) in [5.41, 5.74) is 1.42. The maximum absolute atomic E-state index is 13.2. The van der Waals surface area contributed by atoms with Crippen LogP contribution in [0.3, 0.4) is 0 Å². The quantitative estimate of drug-likeness (QED) is 0.771. The molecule has 6 nitrogen and oxygen atoms in total. The van der Waals surface area contributed by atoms with Gasteiger partial charge in [-0.25, -0.2) is 21.8 Å². The van der Waals surface area contributed by atoms with Gasteiger partial charge in [-0.1, -0.05) is 18.2 Å². The van der Waals surface area contributed by atoms with Crippen LogP contribution in [0.5, 0.6) is 0 Å². The van der Waals surface area contributed by atoms with Crippen LogP contribution >= 0.6 is 0 Å². The number of hydrogen-bond donors (Lipinski definition) is 0. The molecule has 0 amide bonds. The molecule has 8 heteroatoms. The van der Waals surface area contributed by atoms with Gasteiger partial charge in [0.2, 0.25) is 9.84 Å². The number of hydrogen-bond acceptors (Lipinski definition) is 6. The maximum Gasteiger partial charge on any atom is 0.201 e. The number of nitrogens with zero attached hydrogens (tertiary/aromatic N) is 1. The van der Waals surface area contributed by atoms with Crippen molar-refractivity contribution in [3.05, 3.63) is 53.7 Å². The minimum absolute atomic E-state index is 0.0816. The van der Waals surface area contributed by atoms with Gasteiger partial charge < -0.3 is 4.74 Å². The second kappa shape index (κ2) is 7.00. The van der Waals surface area contributed by atoms with Gasteiger partial charge in [0.05, 0.1) is 15.7 Å². The lowest BCUT2D eigenvalue weighted by atomic mass is 9.92. The van der Waals surface area contributed by atoms with Gasteiger partial charge in [0.1, 0.15) is 0 Å². The first-order valence-corrected chi connectivity index (χ1v) is 12.0. The summed E-state index contributed by atoms with van der Waals surface area (Å²) in [5, 5.41) is 0.0816. The van der Waals surface area contributed by atoms with E-state index in [2.05, 4.69) is 4.98 Å². The van der Waals surface area contributed by atoms with Crippen molar-refractivity contribution < 1.29 is 21.6 Å². The highest BCUT2D eigenvalue weighted by molar-refractivity contribution is 7.92. The highest BCUT2D eigenvalue weighted by Crippen LogP contribution is 2.41. The molecule has 3 rings (SSSR count). The zero-order valence-corrected chi connectivity index (χ0v) is 17.2. The highest BCUT2D eigenvalue weighted by atomic mass is 32.2. The zero-order valence-electron chi connectivity index (χ0n) is 15.5. The van der Waals surface area contributed by atoms with E-state index in [1.165, 1.54) is 18.2 Å². The highest BCUT2D eigenvalue weighted by Gasteiger charge is 2.45. The second-order valence-electron chi connectivity index (χ2n) is 7.23. The topological polar surface area (TPSA) is 90.4 Å². The van der Waals surface area contributed by atoms with E-state index in [0.717, 1.165) is 11.8 Å². The van der Waals surface area contributed by atoms with Gasteiger partial charge in [-0.05, 0) is 56.5 Å². The molecule has 2 aromatic rings. The largest absolute Gasteiger partial charge is 0.373 e. The number of aromatic nitrogens is 1. The van der Waals surface area contributed by atoms with Gasteiger partial charge in [0, 0.05) is 18.6 Å². The fraction of sp³-hybridized carbons (Fsp3) is 0.421. The molecule has 1 fully saturated rings. The molecule has 0 aliphatic carbocycles. The minimum atomic E-state index is -3.64. The Morgan fingerprint density at radius 2 is 1.74 bits per heavy atom. The number of rotatable bonds is 4. The molecular formula is C19H23NO5S2. The molecular weight excluding hydrogens is 386 g/mol. The molecule has 0 N–H and O–H groups in total. The Bertz CT molecular complexity index is 1050. The standard InChI is InChI=1S/C19H23NO5S2/c1-14-5-4-6-18(20-14)27(23,24)19(2)11-12-25-17(13-19)15-7-9-16(10-8-15)26(3,21)22/h4-10,17H,11-13H2,1-3H3. The second-order valence-corrected chi connectivity index (χ2v) is 11.7. The van der Waals surface area contributed by atoms with E-state index in [9.17, 15) is 16.8 Å². The number of aryl methyl sites for hydroxylation is 1. The lowest BCUT2D eigenvalue weighted by molar-refractivity contribution is 0.000241. The van der Waals surface area contributed by atoms with Crippen LogP contribution in [0.15, 0.2) is 52.4 Å². The molecule has 0 bridgehead atoms. The van der Waals surface area contributed by atoms with Gasteiger partial charge >= 0.3 is 0 Å². The Morgan fingerprint density at radius 1 is 1.07 bits per heavy atom. The molecule has 146 valence electrons. The Balaban J connectivity index is 1.91. The summed E-state index contributed by atoms with van der Waals surface area (Å²) in [4.78, 5) is 4.43. The Morgan fingerprint density at radius 3 is 2.33 bits per heavy atom. The molecule has 27 heavy (non-hydrogen) atoms. The van der Waals surface area contributed by atoms with Crippen molar-refractivity contribution in [3.8, 4) is 0 Å². The predicted molar refractivity (Wildman–Crippen MR) is 102 cm³/mol. The van der Waals surface area contributed by atoms with Crippen molar-refractivity contribution in [1.82, 2.24) is 4.98 Å². The van der Waals surface area contributed by atoms with Crippen LogP contribution in [-0.4, -0.2) is 39.4 Å². The number of sulfone groups is 2. The van der Waals surface area contributed by atoms with Gasteiger partial charge in [0.15, 0.2) is 14.9 Å². The maximum atomic E-state index is 13.2. The molecule has 2 heterocycles. The van der Waals surface area contributed by atoms with E-state index < -0.39 is 30.5 Å². The third kappa shape index (κ3) is 3.93. The molecule has 0 saturated carbocycles. The Hall–Kier alpha value is -1.77. The van der Waals surface area contributed by atoms with Crippen molar-refractivity contribution in [2.24, 2.45) is 0 Å². The van der Waals surface area contributed by atoms with Crippen LogP contribution in [-0.2, 0) is 24.4 Å². The number of pyridine rings is 1. The summed E-state index contributed by atoms with van der Waals surface area (Å²) in [6.45, 7) is 3.80. The number of benzene rings is 1. The molecule has 2 unspecified atom stereocenters. The van der Waals surface area contributed by atoms with E-state index in [1.54, 1.807) is 38.1 Å². The monoisotopic (exact) mass is 409 g/mol. The van der Waals surface area contributed by atoms with Crippen LogP contribution in [0, 0.1) is 6.92 Å². The Kier molecular flexibility index (Phi) is 5.18. The van der Waals surface area contributed by atoms with Crippen LogP contribution < -0.4 is 0 Å². The first-order valence-electron chi connectivity index (χ1n) is 8.63. The van der Waals surface area contributed by atoms with Gasteiger partial charge in [-0.2, -0.15) is 0 Å². The fourth-order valence-electron chi connectivity index (χ4n) is 3.28. The van der Waals surface area contributed by atoms with E-state index in [0.29, 0.717) is 18.7 Å². The Labute approximate surface area is 160 Å². The third-order valence-corrected chi connectivity index (χ3v) is 8.61. The SMILES string of the molecule is Cc1cccc(S(=O)(=O)C2(C)CCOC(c3ccc(S(C)(=O)=O)cc3)C2)n1. The molecule has 0 spiro atoms. The normalized spacial score (nSPS) is 23.9. The lowest BCUT2D eigenvalue weighted by Crippen LogP contribution is -2.42. The van der Waals surface area contributed by atoms with E-state index in [4.69, 9.17) is 4.74 Å². The molecule has 2 atom stereocenters. The van der Waals surface area contributed by atoms with Gasteiger partial charge in [-0.3, -0.25) is 0 Å². The average Bonchev–Trinajstić information content (AvgIpc) is 2.61. The first-order chi connectivity index (χ1) is 12.5. The molecule has 1 saturated heterocycles. The summed E-state index contributed by atoms with van der Waals surface area (Å²) in [5.74, 6) is 0. The van der Waals surface area contributed by atoms with Crippen molar-refractivity contribution >= 4 is 19.7 Å². The number of ether oxygens (including phenoxy) is 1. The third-order valence-electron chi connectivity index (χ3n) is 5.03. The molecule has 1 aromatic heterocycles. The molecule has 1 aromatic carbocycles. The summed E-state index contributed by atoms with van der Waals surface area (Å²) in [7, 11) is -6.92. The fourth-order valence-corrected chi connectivity index (χ4v) is 5.66. The van der Waals surface area contributed by atoms with E-state index in [-0.39, 0.29) is 16.3 Å². The van der Waals surface area contributed by atoms with E-state index in [1.807, 2.05) is 0 Å². The van der Waals surface area contributed by atoms with Crippen LogP contribution in [0.1, 0.15) is 37.1 Å².